The lowest BCUT2D eigenvalue weighted by molar-refractivity contribution is -0.683. The number of nitriles is 1. The molecule has 0 radical (unpaired) electrons. The highest BCUT2D eigenvalue weighted by Gasteiger charge is 2.11. The van der Waals surface area contributed by atoms with Crippen molar-refractivity contribution in [3.63, 3.8) is 0 Å². The molecule has 5 nitrogen and oxygen atoms in total. The molecule has 0 saturated heterocycles. The minimum atomic E-state index is -0.0388. The van der Waals surface area contributed by atoms with Crippen LogP contribution in [0.4, 0.5) is 0 Å². The van der Waals surface area contributed by atoms with Crippen molar-refractivity contribution in [3.05, 3.63) is 65.5 Å². The summed E-state index contributed by atoms with van der Waals surface area (Å²) in [5, 5.41) is 20.0. The highest BCUT2D eigenvalue weighted by atomic mass is 16.4. The summed E-state index contributed by atoms with van der Waals surface area (Å²) in [6.07, 6.45) is 4.78. The van der Waals surface area contributed by atoms with Gasteiger partial charge in [0.25, 0.3) is 0 Å². The molecule has 0 saturated carbocycles. The molecular weight excluding hydrogens is 254 g/mol. The molecule has 0 atom stereocenters. The third-order valence-electron chi connectivity index (χ3n) is 2.79. The number of pyridine rings is 1. The molecule has 0 fully saturated rings. The number of oxime groups is 1. The van der Waals surface area contributed by atoms with Gasteiger partial charge in [0.15, 0.2) is 12.4 Å². The van der Waals surface area contributed by atoms with E-state index in [0.29, 0.717) is 11.1 Å². The maximum absolute atomic E-state index is 12.1. The Labute approximate surface area is 116 Å². The van der Waals surface area contributed by atoms with Gasteiger partial charge in [-0.3, -0.25) is 4.79 Å². The highest BCUT2D eigenvalue weighted by molar-refractivity contribution is 5.95. The second-order valence-corrected chi connectivity index (χ2v) is 4.16. The van der Waals surface area contributed by atoms with E-state index in [1.54, 1.807) is 53.4 Å². The van der Waals surface area contributed by atoms with Crippen molar-refractivity contribution < 1.29 is 14.6 Å². The summed E-state index contributed by atoms with van der Waals surface area (Å²) in [6.45, 7) is 0.211. The second kappa shape index (κ2) is 6.25. The quantitative estimate of drug-likeness (QED) is 0.300. The van der Waals surface area contributed by atoms with E-state index in [0.717, 1.165) is 5.56 Å². The first kappa shape index (κ1) is 13.4. The number of Topliss-reactive ketones (excluding diaryl/α,β-unsaturated/α-hetero) is 1. The summed E-state index contributed by atoms with van der Waals surface area (Å²) in [5.74, 6) is -0.0388. The fraction of sp³-hybridized carbons (Fsp3) is 0.0667. The van der Waals surface area contributed by atoms with Crippen molar-refractivity contribution in [2.75, 3.05) is 0 Å². The van der Waals surface area contributed by atoms with E-state index in [9.17, 15) is 4.79 Å². The number of carbonyl (C=O) groups excluding carboxylic acids is 1. The van der Waals surface area contributed by atoms with Gasteiger partial charge in [0.05, 0.1) is 17.8 Å². The molecule has 5 heteroatoms. The minimum absolute atomic E-state index is 0.0388. The Balaban J connectivity index is 2.08. The van der Waals surface area contributed by atoms with Crippen LogP contribution in [-0.4, -0.2) is 17.2 Å². The number of hydrogen-bond donors (Lipinski definition) is 1. The maximum Gasteiger partial charge on any atom is 0.227 e. The molecule has 1 aromatic heterocycles. The zero-order valence-electron chi connectivity index (χ0n) is 10.6. The highest BCUT2D eigenvalue weighted by Crippen LogP contribution is 2.04. The van der Waals surface area contributed by atoms with Gasteiger partial charge in [-0.1, -0.05) is 5.16 Å². The zero-order chi connectivity index (χ0) is 14.4. The molecule has 2 aromatic rings. The fourth-order valence-corrected chi connectivity index (χ4v) is 1.71. The molecule has 98 valence electrons. The number of ketones is 1. The van der Waals surface area contributed by atoms with Gasteiger partial charge in [-0.2, -0.15) is 9.83 Å². The Morgan fingerprint density at radius 2 is 1.90 bits per heavy atom. The van der Waals surface area contributed by atoms with Crippen LogP contribution in [0.2, 0.25) is 0 Å². The van der Waals surface area contributed by atoms with Gasteiger partial charge < -0.3 is 5.21 Å². The fourth-order valence-electron chi connectivity index (χ4n) is 1.71. The summed E-state index contributed by atoms with van der Waals surface area (Å²) in [5.41, 5.74) is 1.84. The maximum atomic E-state index is 12.1. The summed E-state index contributed by atoms with van der Waals surface area (Å²) in [6, 6.07) is 12.0. The molecule has 0 aliphatic rings. The minimum Gasteiger partial charge on any atom is -0.411 e. The van der Waals surface area contributed by atoms with Gasteiger partial charge in [0.2, 0.25) is 12.3 Å². The van der Waals surface area contributed by atoms with E-state index in [-0.39, 0.29) is 12.3 Å². The van der Waals surface area contributed by atoms with Crippen LogP contribution >= 0.6 is 0 Å². The number of hydrogen-bond acceptors (Lipinski definition) is 4. The SMILES string of the molecule is N#Cc1ccc(C(=O)C[n+]2ccc(/C=N/O)cc2)cc1. The van der Waals surface area contributed by atoms with Gasteiger partial charge in [-0.25, -0.2) is 0 Å². The van der Waals surface area contributed by atoms with Crippen LogP contribution in [0.15, 0.2) is 53.9 Å². The van der Waals surface area contributed by atoms with Crippen LogP contribution < -0.4 is 4.57 Å². The average molecular weight is 266 g/mol. The van der Waals surface area contributed by atoms with E-state index >= 15 is 0 Å². The Morgan fingerprint density at radius 1 is 1.25 bits per heavy atom. The summed E-state index contributed by atoms with van der Waals surface area (Å²) >= 11 is 0. The predicted molar refractivity (Wildman–Crippen MR) is 71.5 cm³/mol. The Morgan fingerprint density at radius 3 is 2.45 bits per heavy atom. The zero-order valence-corrected chi connectivity index (χ0v) is 10.6. The van der Waals surface area contributed by atoms with Crippen LogP contribution in [0, 0.1) is 11.3 Å². The van der Waals surface area contributed by atoms with Crippen LogP contribution in [0.25, 0.3) is 0 Å². The van der Waals surface area contributed by atoms with E-state index in [2.05, 4.69) is 5.16 Å². The lowest BCUT2D eigenvalue weighted by Crippen LogP contribution is -2.37. The standard InChI is InChI=1S/C15H11N3O2/c16-9-12-1-3-14(4-2-12)15(19)11-18-7-5-13(6-8-18)10-17-20/h1-8,10H,11H2/p+1. The monoisotopic (exact) mass is 266 g/mol. The van der Waals surface area contributed by atoms with Gasteiger partial charge in [-0.05, 0) is 24.3 Å². The molecule has 0 aliphatic carbocycles. The average Bonchev–Trinajstić information content (AvgIpc) is 2.49. The Bertz CT molecular complexity index is 668. The topological polar surface area (TPSA) is 77.3 Å². The van der Waals surface area contributed by atoms with Crippen molar-refractivity contribution >= 4 is 12.0 Å². The lowest BCUT2D eigenvalue weighted by Gasteiger charge is -1.99. The van der Waals surface area contributed by atoms with E-state index in [4.69, 9.17) is 10.5 Å². The number of nitrogens with zero attached hydrogens (tertiary/aromatic N) is 3. The van der Waals surface area contributed by atoms with Crippen LogP contribution in [0.5, 0.6) is 0 Å². The molecule has 0 amide bonds. The van der Waals surface area contributed by atoms with Gasteiger partial charge in [-0.15, -0.1) is 0 Å². The molecule has 1 heterocycles. The van der Waals surface area contributed by atoms with Gasteiger partial charge in [0.1, 0.15) is 0 Å². The summed E-state index contributed by atoms with van der Waals surface area (Å²) < 4.78 is 1.73. The van der Waals surface area contributed by atoms with Crippen LogP contribution in [0.1, 0.15) is 21.5 Å². The number of rotatable bonds is 4. The van der Waals surface area contributed by atoms with Gasteiger partial charge >= 0.3 is 0 Å². The third-order valence-corrected chi connectivity index (χ3v) is 2.79. The summed E-state index contributed by atoms with van der Waals surface area (Å²) in [4.78, 5) is 12.1. The number of aromatic nitrogens is 1. The first-order chi connectivity index (χ1) is 9.72. The Kier molecular flexibility index (Phi) is 4.20. The molecular formula is C15H12N3O2+. The summed E-state index contributed by atoms with van der Waals surface area (Å²) in [7, 11) is 0. The van der Waals surface area contributed by atoms with Crippen molar-refractivity contribution in [3.8, 4) is 6.07 Å². The van der Waals surface area contributed by atoms with Crippen LogP contribution in [0.3, 0.4) is 0 Å². The van der Waals surface area contributed by atoms with Crippen molar-refractivity contribution in [2.45, 2.75) is 6.54 Å². The normalized spacial score (nSPS) is 10.3. The number of carbonyl (C=O) groups is 1. The molecule has 0 bridgehead atoms. The third kappa shape index (κ3) is 3.27. The molecule has 2 rings (SSSR count). The van der Waals surface area contributed by atoms with Crippen molar-refractivity contribution in [1.82, 2.24) is 0 Å². The van der Waals surface area contributed by atoms with Crippen LogP contribution in [-0.2, 0) is 6.54 Å². The molecule has 20 heavy (non-hydrogen) atoms. The van der Waals surface area contributed by atoms with Crippen molar-refractivity contribution in [2.24, 2.45) is 5.16 Å². The van der Waals surface area contributed by atoms with Gasteiger partial charge in [0, 0.05) is 23.3 Å². The molecule has 1 aromatic carbocycles. The van der Waals surface area contributed by atoms with Crippen molar-refractivity contribution in [1.29, 1.82) is 5.26 Å². The Hall–Kier alpha value is -3.00. The second-order valence-electron chi connectivity index (χ2n) is 4.16. The van der Waals surface area contributed by atoms with E-state index < -0.39 is 0 Å². The molecule has 1 N–H and O–H groups in total. The first-order valence-electron chi connectivity index (χ1n) is 5.93. The molecule has 0 unspecified atom stereocenters. The lowest BCUT2D eigenvalue weighted by atomic mass is 10.1. The predicted octanol–water partition coefficient (Wildman–Crippen LogP) is 1.54. The molecule has 0 aliphatic heterocycles. The smallest absolute Gasteiger partial charge is 0.227 e. The number of benzene rings is 1. The largest absolute Gasteiger partial charge is 0.411 e. The van der Waals surface area contributed by atoms with E-state index in [1.165, 1.54) is 6.21 Å². The van der Waals surface area contributed by atoms with E-state index in [1.807, 2.05) is 6.07 Å². The first-order valence-corrected chi connectivity index (χ1v) is 5.93. The molecule has 0 spiro atoms.